The van der Waals surface area contributed by atoms with Crippen molar-refractivity contribution in [2.45, 2.75) is 0 Å². The Morgan fingerprint density at radius 1 is 1.06 bits per heavy atom. The zero-order valence-corrected chi connectivity index (χ0v) is 18.9. The predicted molar refractivity (Wildman–Crippen MR) is 124 cm³/mol. The number of anilines is 3. The molecule has 4 N–H and O–H groups in total. The van der Waals surface area contributed by atoms with Crippen LogP contribution < -0.4 is 21.1 Å². The van der Waals surface area contributed by atoms with Gasteiger partial charge < -0.3 is 25.8 Å². The van der Waals surface area contributed by atoms with Gasteiger partial charge in [0, 0.05) is 28.5 Å². The SMILES string of the molecule is COCC(=O)Nc1cccc(Oc2cc(F)cc(Nc3ccc(I)cc3F)c2C(N)=O)c1. The summed E-state index contributed by atoms with van der Waals surface area (Å²) in [6.45, 7) is -0.134. The minimum absolute atomic E-state index is 0.0346. The molecule has 0 bridgehead atoms. The summed E-state index contributed by atoms with van der Waals surface area (Å²) in [5.41, 5.74) is 5.73. The van der Waals surface area contributed by atoms with Crippen LogP contribution in [-0.2, 0) is 9.53 Å². The predicted octanol–water partition coefficient (Wildman–Crippen LogP) is 4.79. The number of hydrogen-bond donors (Lipinski definition) is 3. The van der Waals surface area contributed by atoms with Crippen molar-refractivity contribution in [2.75, 3.05) is 24.4 Å². The number of nitrogens with two attached hydrogens (primary N) is 1. The molecule has 7 nitrogen and oxygen atoms in total. The van der Waals surface area contributed by atoms with Crippen molar-refractivity contribution in [2.24, 2.45) is 5.73 Å². The number of amides is 2. The number of primary amides is 1. The highest BCUT2D eigenvalue weighted by Crippen LogP contribution is 2.34. The van der Waals surface area contributed by atoms with Crippen LogP contribution in [0, 0.1) is 15.2 Å². The van der Waals surface area contributed by atoms with E-state index in [0.29, 0.717) is 9.26 Å². The second-order valence-electron chi connectivity index (χ2n) is 6.55. The standard InChI is InChI=1S/C22H18F2IN3O4/c1-31-11-20(29)27-14-3-2-4-15(10-14)32-19-8-12(23)7-18(21(19)22(26)30)28-17-6-5-13(25)9-16(17)24/h2-10,28H,11H2,1H3,(H2,26,30)(H,27,29). The molecule has 0 spiro atoms. The van der Waals surface area contributed by atoms with Crippen molar-refractivity contribution in [3.05, 3.63) is 75.4 Å². The number of benzene rings is 3. The number of carbonyl (C=O) groups is 2. The van der Waals surface area contributed by atoms with E-state index in [-0.39, 0.29) is 41.0 Å². The van der Waals surface area contributed by atoms with Gasteiger partial charge in [-0.05, 0) is 59.0 Å². The normalized spacial score (nSPS) is 10.5. The largest absolute Gasteiger partial charge is 0.456 e. The molecule has 0 aliphatic rings. The number of hydrogen-bond acceptors (Lipinski definition) is 5. The molecule has 32 heavy (non-hydrogen) atoms. The lowest BCUT2D eigenvalue weighted by molar-refractivity contribution is -0.119. The van der Waals surface area contributed by atoms with Gasteiger partial charge in [-0.1, -0.05) is 6.07 Å². The smallest absolute Gasteiger partial charge is 0.254 e. The lowest BCUT2D eigenvalue weighted by Crippen LogP contribution is -2.17. The number of carbonyl (C=O) groups excluding carboxylic acids is 2. The lowest BCUT2D eigenvalue weighted by atomic mass is 10.1. The summed E-state index contributed by atoms with van der Waals surface area (Å²) in [7, 11) is 1.39. The van der Waals surface area contributed by atoms with E-state index in [4.69, 9.17) is 15.2 Å². The van der Waals surface area contributed by atoms with E-state index in [2.05, 4.69) is 10.6 Å². The highest BCUT2D eigenvalue weighted by atomic mass is 127. The van der Waals surface area contributed by atoms with Crippen LogP contribution >= 0.6 is 22.6 Å². The van der Waals surface area contributed by atoms with E-state index in [1.54, 1.807) is 24.3 Å². The summed E-state index contributed by atoms with van der Waals surface area (Å²) in [6, 6.07) is 12.7. The summed E-state index contributed by atoms with van der Waals surface area (Å²) in [6.07, 6.45) is 0. The molecule has 0 saturated heterocycles. The first-order valence-electron chi connectivity index (χ1n) is 9.19. The Morgan fingerprint density at radius 2 is 1.84 bits per heavy atom. The average Bonchev–Trinajstić information content (AvgIpc) is 2.70. The third-order valence-electron chi connectivity index (χ3n) is 4.13. The maximum Gasteiger partial charge on any atom is 0.254 e. The summed E-state index contributed by atoms with van der Waals surface area (Å²) in [5, 5.41) is 5.31. The number of halogens is 3. The molecule has 0 saturated carbocycles. The van der Waals surface area contributed by atoms with E-state index in [0.717, 1.165) is 12.1 Å². The van der Waals surface area contributed by atoms with Gasteiger partial charge in [-0.3, -0.25) is 9.59 Å². The summed E-state index contributed by atoms with van der Waals surface area (Å²) in [4.78, 5) is 23.9. The molecule has 3 aromatic rings. The van der Waals surface area contributed by atoms with Crippen molar-refractivity contribution in [1.29, 1.82) is 0 Å². The molecule has 10 heteroatoms. The van der Waals surface area contributed by atoms with E-state index in [1.807, 2.05) is 22.6 Å². The summed E-state index contributed by atoms with van der Waals surface area (Å²) >= 11 is 1.95. The van der Waals surface area contributed by atoms with Crippen molar-refractivity contribution in [1.82, 2.24) is 0 Å². The second kappa shape index (κ2) is 10.4. The first-order chi connectivity index (χ1) is 15.3. The van der Waals surface area contributed by atoms with Crippen molar-refractivity contribution >= 4 is 51.5 Å². The molecule has 0 radical (unpaired) electrons. The Hall–Kier alpha value is -3.25. The zero-order chi connectivity index (χ0) is 23.3. The van der Waals surface area contributed by atoms with Gasteiger partial charge in [-0.25, -0.2) is 8.78 Å². The monoisotopic (exact) mass is 553 g/mol. The van der Waals surface area contributed by atoms with E-state index in [9.17, 15) is 18.4 Å². The van der Waals surface area contributed by atoms with Crippen LogP contribution in [0.5, 0.6) is 11.5 Å². The van der Waals surface area contributed by atoms with Crippen molar-refractivity contribution < 1.29 is 27.8 Å². The zero-order valence-electron chi connectivity index (χ0n) is 16.7. The number of nitrogens with one attached hydrogen (secondary N) is 2. The van der Waals surface area contributed by atoms with E-state index >= 15 is 0 Å². The van der Waals surface area contributed by atoms with E-state index in [1.165, 1.54) is 25.3 Å². The fraction of sp³-hybridized carbons (Fsp3) is 0.0909. The van der Waals surface area contributed by atoms with Crippen LogP contribution in [0.2, 0.25) is 0 Å². The molecule has 0 aliphatic heterocycles. The Labute approximate surface area is 196 Å². The van der Waals surface area contributed by atoms with Gasteiger partial charge in [0.05, 0.1) is 11.4 Å². The number of rotatable bonds is 8. The Bertz CT molecular complexity index is 1170. The van der Waals surface area contributed by atoms with Crippen molar-refractivity contribution in [3.8, 4) is 11.5 Å². The third-order valence-corrected chi connectivity index (χ3v) is 4.81. The van der Waals surface area contributed by atoms with Gasteiger partial charge in [-0.2, -0.15) is 0 Å². The summed E-state index contributed by atoms with van der Waals surface area (Å²) in [5.74, 6) is -2.57. The molecule has 0 heterocycles. The molecule has 3 aromatic carbocycles. The van der Waals surface area contributed by atoms with Gasteiger partial charge >= 0.3 is 0 Å². The molecule has 0 fully saturated rings. The average molecular weight is 553 g/mol. The lowest BCUT2D eigenvalue weighted by Gasteiger charge is -2.16. The molecule has 3 rings (SSSR count). The topological polar surface area (TPSA) is 103 Å². The van der Waals surface area contributed by atoms with Crippen LogP contribution in [0.1, 0.15) is 10.4 Å². The van der Waals surface area contributed by atoms with Crippen molar-refractivity contribution in [3.63, 3.8) is 0 Å². The Kier molecular flexibility index (Phi) is 7.59. The molecule has 0 atom stereocenters. The van der Waals surface area contributed by atoms with Gasteiger partial charge in [0.15, 0.2) is 0 Å². The minimum atomic E-state index is -0.905. The molecule has 0 aromatic heterocycles. The Balaban J connectivity index is 1.95. The van der Waals surface area contributed by atoms with Crippen LogP contribution in [0.3, 0.4) is 0 Å². The van der Waals surface area contributed by atoms with Gasteiger partial charge in [0.2, 0.25) is 5.91 Å². The molecule has 0 unspecified atom stereocenters. The maximum absolute atomic E-state index is 14.3. The second-order valence-corrected chi connectivity index (χ2v) is 7.80. The van der Waals surface area contributed by atoms with Gasteiger partial charge in [0.25, 0.3) is 5.91 Å². The maximum atomic E-state index is 14.3. The number of ether oxygens (including phenoxy) is 2. The molecular formula is C22H18F2IN3O4. The summed E-state index contributed by atoms with van der Waals surface area (Å²) < 4.78 is 39.7. The Morgan fingerprint density at radius 3 is 2.53 bits per heavy atom. The minimum Gasteiger partial charge on any atom is -0.456 e. The van der Waals surface area contributed by atoms with E-state index < -0.39 is 17.5 Å². The first kappa shape index (κ1) is 23.4. The fourth-order valence-corrected chi connectivity index (χ4v) is 3.30. The van der Waals surface area contributed by atoms with Crippen LogP contribution in [0.4, 0.5) is 25.8 Å². The molecule has 0 aliphatic carbocycles. The number of methoxy groups -OCH3 is 1. The molecular weight excluding hydrogens is 535 g/mol. The molecule has 166 valence electrons. The van der Waals surface area contributed by atoms with Crippen LogP contribution in [-0.4, -0.2) is 25.5 Å². The van der Waals surface area contributed by atoms with Gasteiger partial charge in [-0.15, -0.1) is 0 Å². The highest BCUT2D eigenvalue weighted by Gasteiger charge is 2.19. The fourth-order valence-electron chi connectivity index (χ4n) is 2.84. The van der Waals surface area contributed by atoms with Crippen LogP contribution in [0.25, 0.3) is 0 Å². The highest BCUT2D eigenvalue weighted by molar-refractivity contribution is 14.1. The quantitative estimate of drug-likeness (QED) is 0.349. The first-order valence-corrected chi connectivity index (χ1v) is 10.3. The third kappa shape index (κ3) is 5.92. The van der Waals surface area contributed by atoms with Gasteiger partial charge in [0.1, 0.15) is 35.3 Å². The van der Waals surface area contributed by atoms with Crippen LogP contribution in [0.15, 0.2) is 54.6 Å². The molecule has 2 amide bonds.